The van der Waals surface area contributed by atoms with E-state index in [1.165, 1.54) is 5.57 Å². The highest BCUT2D eigenvalue weighted by Crippen LogP contribution is 2.26. The third-order valence-electron chi connectivity index (χ3n) is 2.49. The van der Waals surface area contributed by atoms with Gasteiger partial charge in [0.2, 0.25) is 0 Å². The molecule has 0 saturated carbocycles. The van der Waals surface area contributed by atoms with Crippen LogP contribution in [0.1, 0.15) is 13.3 Å². The smallest absolute Gasteiger partial charge is 0.0897 e. The summed E-state index contributed by atoms with van der Waals surface area (Å²) in [6, 6.07) is 0.437. The minimum atomic E-state index is 0.209. The maximum atomic E-state index is 5.99. The molecule has 64 valence electrons. The van der Waals surface area contributed by atoms with Gasteiger partial charge in [0.25, 0.3) is 0 Å². The number of aliphatic imine (C=N–C) groups is 1. The number of nitrogens with zero attached hydrogens (tertiary/aromatic N) is 1. The molecule has 0 aromatic rings. The standard InChI is InChI=1S/C10H14N2/c1-7-5-8-3-2-4-12-10(8)9(11)6-7/h2-5,7,9-10H,6,11H2,1H3. The maximum Gasteiger partial charge on any atom is 0.0897 e. The van der Waals surface area contributed by atoms with E-state index < -0.39 is 0 Å². The normalized spacial score (nSPS) is 39.2. The lowest BCUT2D eigenvalue weighted by Crippen LogP contribution is -2.39. The van der Waals surface area contributed by atoms with Gasteiger partial charge < -0.3 is 5.73 Å². The number of fused-ring (bicyclic) bond motifs is 1. The molecule has 3 atom stereocenters. The molecule has 3 unspecified atom stereocenters. The van der Waals surface area contributed by atoms with Gasteiger partial charge in [-0.3, -0.25) is 4.99 Å². The molecular weight excluding hydrogens is 148 g/mol. The van der Waals surface area contributed by atoms with E-state index in [-0.39, 0.29) is 12.1 Å². The van der Waals surface area contributed by atoms with Crippen LogP contribution in [-0.2, 0) is 0 Å². The van der Waals surface area contributed by atoms with Crippen LogP contribution in [0.25, 0.3) is 0 Å². The van der Waals surface area contributed by atoms with Crippen LogP contribution in [0.5, 0.6) is 0 Å². The lowest BCUT2D eigenvalue weighted by Gasteiger charge is -2.30. The summed E-state index contributed by atoms with van der Waals surface area (Å²) in [4.78, 5) is 4.36. The van der Waals surface area contributed by atoms with Crippen molar-refractivity contribution >= 4 is 6.21 Å². The number of allylic oxidation sites excluding steroid dienone is 2. The largest absolute Gasteiger partial charge is 0.326 e. The summed E-state index contributed by atoms with van der Waals surface area (Å²) in [6.45, 7) is 2.20. The molecule has 2 heteroatoms. The van der Waals surface area contributed by atoms with Crippen LogP contribution in [0, 0.1) is 5.92 Å². The molecule has 1 heterocycles. The summed E-state index contributed by atoms with van der Waals surface area (Å²) in [6.07, 6.45) is 9.28. The second-order valence-electron chi connectivity index (χ2n) is 3.65. The Balaban J connectivity index is 2.31. The van der Waals surface area contributed by atoms with Crippen LogP contribution in [0.3, 0.4) is 0 Å². The Bertz CT molecular complexity index is 263. The first-order valence-corrected chi connectivity index (χ1v) is 4.44. The quantitative estimate of drug-likeness (QED) is 0.572. The number of hydrogen-bond donors (Lipinski definition) is 1. The summed E-state index contributed by atoms with van der Waals surface area (Å²) in [7, 11) is 0. The van der Waals surface area contributed by atoms with Gasteiger partial charge in [0.05, 0.1) is 6.04 Å². The van der Waals surface area contributed by atoms with Crippen LogP contribution in [0.2, 0.25) is 0 Å². The predicted octanol–water partition coefficient (Wildman–Crippen LogP) is 1.29. The molecule has 0 saturated heterocycles. The van der Waals surface area contributed by atoms with E-state index in [1.807, 2.05) is 12.3 Å². The summed E-state index contributed by atoms with van der Waals surface area (Å²) < 4.78 is 0. The van der Waals surface area contributed by atoms with Crippen molar-refractivity contribution in [1.82, 2.24) is 0 Å². The van der Waals surface area contributed by atoms with E-state index in [4.69, 9.17) is 5.73 Å². The minimum Gasteiger partial charge on any atom is -0.326 e. The fourth-order valence-electron chi connectivity index (χ4n) is 1.95. The van der Waals surface area contributed by atoms with Gasteiger partial charge in [-0.25, -0.2) is 0 Å². The highest BCUT2D eigenvalue weighted by atomic mass is 14.9. The fourth-order valence-corrected chi connectivity index (χ4v) is 1.95. The van der Waals surface area contributed by atoms with Crippen LogP contribution < -0.4 is 5.73 Å². The Kier molecular flexibility index (Phi) is 1.85. The lowest BCUT2D eigenvalue weighted by atomic mass is 9.84. The molecule has 0 radical (unpaired) electrons. The molecule has 1 aliphatic heterocycles. The van der Waals surface area contributed by atoms with Crippen molar-refractivity contribution in [2.75, 3.05) is 0 Å². The second kappa shape index (κ2) is 2.87. The molecule has 0 amide bonds. The van der Waals surface area contributed by atoms with Crippen molar-refractivity contribution in [3.8, 4) is 0 Å². The predicted molar refractivity (Wildman–Crippen MR) is 51.3 cm³/mol. The van der Waals surface area contributed by atoms with Crippen LogP contribution >= 0.6 is 0 Å². The Morgan fingerprint density at radius 1 is 1.58 bits per heavy atom. The Hall–Kier alpha value is -0.890. The van der Waals surface area contributed by atoms with Crippen LogP contribution in [0.4, 0.5) is 0 Å². The van der Waals surface area contributed by atoms with Gasteiger partial charge in [-0.05, 0) is 24.0 Å². The number of dihydropyridines is 1. The van der Waals surface area contributed by atoms with Crippen molar-refractivity contribution in [3.63, 3.8) is 0 Å². The van der Waals surface area contributed by atoms with Gasteiger partial charge in [-0.2, -0.15) is 0 Å². The topological polar surface area (TPSA) is 38.4 Å². The van der Waals surface area contributed by atoms with Crippen molar-refractivity contribution in [2.45, 2.75) is 25.4 Å². The highest BCUT2D eigenvalue weighted by Gasteiger charge is 2.26. The molecule has 0 bridgehead atoms. The molecule has 1 aliphatic carbocycles. The van der Waals surface area contributed by atoms with Gasteiger partial charge in [0.1, 0.15) is 0 Å². The van der Waals surface area contributed by atoms with E-state index in [0.29, 0.717) is 5.92 Å². The molecule has 12 heavy (non-hydrogen) atoms. The van der Waals surface area contributed by atoms with Crippen molar-refractivity contribution in [2.24, 2.45) is 16.6 Å². The molecule has 0 aromatic heterocycles. The average Bonchev–Trinajstić information content (AvgIpc) is 2.04. The van der Waals surface area contributed by atoms with Crippen LogP contribution in [0.15, 0.2) is 28.8 Å². The van der Waals surface area contributed by atoms with Gasteiger partial charge >= 0.3 is 0 Å². The molecule has 2 aliphatic rings. The van der Waals surface area contributed by atoms with Crippen molar-refractivity contribution in [3.05, 3.63) is 23.8 Å². The number of rotatable bonds is 0. The van der Waals surface area contributed by atoms with E-state index >= 15 is 0 Å². The van der Waals surface area contributed by atoms with Gasteiger partial charge in [0, 0.05) is 12.3 Å². The third kappa shape index (κ3) is 1.23. The van der Waals surface area contributed by atoms with E-state index in [0.717, 1.165) is 6.42 Å². The summed E-state index contributed by atoms with van der Waals surface area (Å²) >= 11 is 0. The molecule has 0 spiro atoms. The SMILES string of the molecule is CC1C=C2C=CC=NC2C(N)C1. The lowest BCUT2D eigenvalue weighted by molar-refractivity contribution is 0.458. The number of hydrogen-bond acceptors (Lipinski definition) is 2. The van der Waals surface area contributed by atoms with Crippen LogP contribution in [-0.4, -0.2) is 18.3 Å². The van der Waals surface area contributed by atoms with E-state index in [9.17, 15) is 0 Å². The minimum absolute atomic E-state index is 0.209. The Labute approximate surface area is 72.9 Å². The molecule has 0 aromatic carbocycles. The van der Waals surface area contributed by atoms with E-state index in [2.05, 4.69) is 24.1 Å². The van der Waals surface area contributed by atoms with Gasteiger partial charge in [-0.15, -0.1) is 0 Å². The fraction of sp³-hybridized carbons (Fsp3) is 0.500. The van der Waals surface area contributed by atoms with Gasteiger partial charge in [0.15, 0.2) is 0 Å². The molecule has 2 rings (SSSR count). The summed E-state index contributed by atoms with van der Waals surface area (Å²) in [5.41, 5.74) is 7.29. The molecule has 2 N–H and O–H groups in total. The first-order chi connectivity index (χ1) is 5.77. The monoisotopic (exact) mass is 162 g/mol. The second-order valence-corrected chi connectivity index (χ2v) is 3.65. The zero-order valence-electron chi connectivity index (χ0n) is 7.27. The van der Waals surface area contributed by atoms with Crippen molar-refractivity contribution in [1.29, 1.82) is 0 Å². The van der Waals surface area contributed by atoms with E-state index in [1.54, 1.807) is 0 Å². The molecular formula is C10H14N2. The maximum absolute atomic E-state index is 5.99. The first-order valence-electron chi connectivity index (χ1n) is 4.44. The van der Waals surface area contributed by atoms with Gasteiger partial charge in [-0.1, -0.05) is 19.1 Å². The Morgan fingerprint density at radius 2 is 2.42 bits per heavy atom. The average molecular weight is 162 g/mol. The first kappa shape index (κ1) is 7.74. The summed E-state index contributed by atoms with van der Waals surface area (Å²) in [5.74, 6) is 0.601. The summed E-state index contributed by atoms with van der Waals surface area (Å²) in [5, 5.41) is 0. The Morgan fingerprint density at radius 3 is 3.25 bits per heavy atom. The number of nitrogens with two attached hydrogens (primary N) is 1. The highest BCUT2D eigenvalue weighted by molar-refractivity contribution is 5.74. The van der Waals surface area contributed by atoms with Crippen molar-refractivity contribution < 1.29 is 0 Å². The zero-order valence-corrected chi connectivity index (χ0v) is 7.27. The third-order valence-corrected chi connectivity index (χ3v) is 2.49. The zero-order chi connectivity index (χ0) is 8.55. The molecule has 0 fully saturated rings. The molecule has 2 nitrogen and oxygen atoms in total.